The van der Waals surface area contributed by atoms with Gasteiger partial charge in [-0.25, -0.2) is 10.3 Å². The lowest BCUT2D eigenvalue weighted by atomic mass is 10.1. The van der Waals surface area contributed by atoms with E-state index in [4.69, 9.17) is 10.6 Å². The zero-order valence-corrected chi connectivity index (χ0v) is 9.54. The van der Waals surface area contributed by atoms with E-state index in [0.29, 0.717) is 13.0 Å². The molecule has 1 rings (SSSR count). The van der Waals surface area contributed by atoms with Gasteiger partial charge in [-0.15, -0.1) is 17.0 Å². The van der Waals surface area contributed by atoms with E-state index in [1.54, 1.807) is 12.1 Å². The molecule has 0 aliphatic carbocycles. The number of halogens is 2. The Hall–Kier alpha value is -0.650. The molecule has 3 nitrogen and oxygen atoms in total. The van der Waals surface area contributed by atoms with Gasteiger partial charge in [0.25, 0.3) is 0 Å². The van der Waals surface area contributed by atoms with Crippen molar-refractivity contribution in [1.82, 2.24) is 0 Å². The summed E-state index contributed by atoms with van der Waals surface area (Å²) in [6.07, 6.45) is 0.539. The Bertz CT molecular complexity index is 284. The highest BCUT2D eigenvalue weighted by atomic mass is 79.9. The first-order valence-corrected chi connectivity index (χ1v) is 3.92. The molecular weight excluding hydrogens is 253 g/mol. The third-order valence-electron chi connectivity index (χ3n) is 1.74. The molecule has 0 unspecified atom stereocenters. The second-order valence-electron chi connectivity index (χ2n) is 2.55. The van der Waals surface area contributed by atoms with Gasteiger partial charge in [-0.1, -0.05) is 12.1 Å². The molecule has 80 valence electrons. The van der Waals surface area contributed by atoms with Crippen molar-refractivity contribution in [3.63, 3.8) is 0 Å². The first kappa shape index (κ1) is 13.4. The zero-order valence-electron chi connectivity index (χ0n) is 7.83. The maximum atomic E-state index is 13.1. The number of para-hydroxylation sites is 1. The van der Waals surface area contributed by atoms with Gasteiger partial charge in [0.05, 0.1) is 13.7 Å². The summed E-state index contributed by atoms with van der Waals surface area (Å²) in [5.41, 5.74) is 0.757. The highest BCUT2D eigenvalue weighted by Crippen LogP contribution is 2.22. The van der Waals surface area contributed by atoms with Crippen LogP contribution >= 0.6 is 17.0 Å². The van der Waals surface area contributed by atoms with Gasteiger partial charge in [-0.3, -0.25) is 0 Å². The molecule has 0 atom stereocenters. The minimum atomic E-state index is -0.364. The molecule has 0 saturated heterocycles. The molecule has 0 saturated carbocycles. The van der Waals surface area contributed by atoms with Gasteiger partial charge < -0.3 is 9.57 Å². The molecular formula is C9H13BrFNO2. The maximum absolute atomic E-state index is 13.1. The molecule has 2 N–H and O–H groups in total. The van der Waals surface area contributed by atoms with Crippen LogP contribution in [0.3, 0.4) is 0 Å². The van der Waals surface area contributed by atoms with E-state index in [1.807, 2.05) is 0 Å². The number of hydrogen-bond acceptors (Lipinski definition) is 3. The van der Waals surface area contributed by atoms with Crippen LogP contribution in [0.1, 0.15) is 5.56 Å². The van der Waals surface area contributed by atoms with Crippen molar-refractivity contribution >= 4 is 17.0 Å². The van der Waals surface area contributed by atoms with Crippen LogP contribution in [0.25, 0.3) is 0 Å². The fraction of sp³-hybridized carbons (Fsp3) is 0.333. The van der Waals surface area contributed by atoms with Crippen LogP contribution in [0, 0.1) is 5.82 Å². The van der Waals surface area contributed by atoms with Gasteiger partial charge in [-0.2, -0.15) is 0 Å². The number of ether oxygens (including phenoxy) is 1. The fourth-order valence-electron chi connectivity index (χ4n) is 1.15. The average Bonchev–Trinajstić information content (AvgIpc) is 2.15. The molecule has 0 heterocycles. The number of benzene rings is 1. The third-order valence-corrected chi connectivity index (χ3v) is 1.74. The smallest absolute Gasteiger partial charge is 0.165 e. The van der Waals surface area contributed by atoms with Crippen molar-refractivity contribution in [2.75, 3.05) is 13.7 Å². The molecule has 0 aromatic heterocycles. The van der Waals surface area contributed by atoms with Crippen LogP contribution in [0.2, 0.25) is 0 Å². The Morgan fingerprint density at radius 3 is 2.71 bits per heavy atom. The van der Waals surface area contributed by atoms with Crippen LogP contribution in [0.4, 0.5) is 4.39 Å². The summed E-state index contributed by atoms with van der Waals surface area (Å²) in [6.45, 7) is 0.347. The lowest BCUT2D eigenvalue weighted by Crippen LogP contribution is -2.05. The Morgan fingerprint density at radius 2 is 2.14 bits per heavy atom. The summed E-state index contributed by atoms with van der Waals surface area (Å²) >= 11 is 0. The largest absolute Gasteiger partial charge is 0.493 e. The second-order valence-corrected chi connectivity index (χ2v) is 2.55. The second kappa shape index (κ2) is 6.75. The zero-order chi connectivity index (χ0) is 9.68. The van der Waals surface area contributed by atoms with Crippen LogP contribution in [-0.2, 0) is 11.3 Å². The molecule has 0 spiro atoms. The molecule has 0 aliphatic heterocycles. The van der Waals surface area contributed by atoms with Crippen molar-refractivity contribution in [3.8, 4) is 5.75 Å². The first-order chi connectivity index (χ1) is 6.29. The lowest BCUT2D eigenvalue weighted by molar-refractivity contribution is 0.140. The molecule has 0 amide bonds. The molecule has 1 aromatic rings. The molecule has 0 fully saturated rings. The minimum Gasteiger partial charge on any atom is -0.493 e. The molecule has 0 bridgehead atoms. The van der Waals surface area contributed by atoms with E-state index < -0.39 is 0 Å². The van der Waals surface area contributed by atoms with Crippen LogP contribution in [-0.4, -0.2) is 13.7 Å². The summed E-state index contributed by atoms with van der Waals surface area (Å²) in [5, 5.41) is 0. The molecule has 0 radical (unpaired) electrons. The molecule has 1 aromatic carbocycles. The highest BCUT2D eigenvalue weighted by molar-refractivity contribution is 8.93. The van der Waals surface area contributed by atoms with E-state index in [1.165, 1.54) is 13.2 Å². The highest BCUT2D eigenvalue weighted by Gasteiger charge is 2.07. The number of rotatable bonds is 4. The molecule has 14 heavy (non-hydrogen) atoms. The Balaban J connectivity index is 0.00000169. The van der Waals surface area contributed by atoms with Gasteiger partial charge in [0, 0.05) is 6.42 Å². The number of methoxy groups -OCH3 is 1. The van der Waals surface area contributed by atoms with Gasteiger partial charge in [0.1, 0.15) is 0 Å². The molecule has 0 aliphatic rings. The average molecular weight is 266 g/mol. The monoisotopic (exact) mass is 265 g/mol. The van der Waals surface area contributed by atoms with Crippen molar-refractivity contribution < 1.29 is 14.0 Å². The van der Waals surface area contributed by atoms with E-state index >= 15 is 0 Å². The van der Waals surface area contributed by atoms with Gasteiger partial charge in [-0.05, 0) is 11.6 Å². The summed E-state index contributed by atoms with van der Waals surface area (Å²) in [7, 11) is 1.44. The Kier molecular flexibility index (Phi) is 6.44. The van der Waals surface area contributed by atoms with E-state index in [9.17, 15) is 4.39 Å². The van der Waals surface area contributed by atoms with E-state index in [0.717, 1.165) is 5.56 Å². The SMILES string of the molecule is Br.COc1c(F)cccc1CCON. The quantitative estimate of drug-likeness (QED) is 0.846. The fourth-order valence-corrected chi connectivity index (χ4v) is 1.15. The van der Waals surface area contributed by atoms with Crippen LogP contribution < -0.4 is 10.6 Å². The summed E-state index contributed by atoms with van der Waals surface area (Å²) in [5.74, 6) is 4.77. The topological polar surface area (TPSA) is 44.5 Å². The predicted molar refractivity (Wildman–Crippen MR) is 57.1 cm³/mol. The maximum Gasteiger partial charge on any atom is 0.165 e. The van der Waals surface area contributed by atoms with Crippen LogP contribution in [0.5, 0.6) is 5.75 Å². The summed E-state index contributed by atoms with van der Waals surface area (Å²) < 4.78 is 18.0. The summed E-state index contributed by atoms with van der Waals surface area (Å²) in [4.78, 5) is 4.41. The van der Waals surface area contributed by atoms with E-state index in [-0.39, 0.29) is 28.5 Å². The lowest BCUT2D eigenvalue weighted by Gasteiger charge is -2.07. The van der Waals surface area contributed by atoms with Gasteiger partial charge in [0.2, 0.25) is 0 Å². The third kappa shape index (κ3) is 3.25. The van der Waals surface area contributed by atoms with Crippen molar-refractivity contribution in [2.45, 2.75) is 6.42 Å². The Labute approximate surface area is 92.7 Å². The van der Waals surface area contributed by atoms with Crippen molar-refractivity contribution in [1.29, 1.82) is 0 Å². The van der Waals surface area contributed by atoms with Crippen molar-refractivity contribution in [2.24, 2.45) is 5.90 Å². The summed E-state index contributed by atoms with van der Waals surface area (Å²) in [6, 6.07) is 4.76. The van der Waals surface area contributed by atoms with E-state index in [2.05, 4.69) is 4.84 Å². The predicted octanol–water partition coefficient (Wildman–Crippen LogP) is 1.84. The van der Waals surface area contributed by atoms with Gasteiger partial charge >= 0.3 is 0 Å². The number of nitrogens with two attached hydrogens (primary N) is 1. The standard InChI is InChI=1S/C9H12FNO2.BrH/c1-12-9-7(5-6-13-11)3-2-4-8(9)10;/h2-4H,5-6,11H2,1H3;1H. The normalized spacial score (nSPS) is 9.36. The minimum absolute atomic E-state index is 0. The first-order valence-electron chi connectivity index (χ1n) is 3.92. The number of hydrogen-bond donors (Lipinski definition) is 1. The van der Waals surface area contributed by atoms with Gasteiger partial charge in [0.15, 0.2) is 11.6 Å². The van der Waals surface area contributed by atoms with Crippen LogP contribution in [0.15, 0.2) is 18.2 Å². The van der Waals surface area contributed by atoms with Crippen molar-refractivity contribution in [3.05, 3.63) is 29.6 Å². The Morgan fingerprint density at radius 1 is 1.43 bits per heavy atom. The molecule has 5 heteroatoms.